The van der Waals surface area contributed by atoms with Crippen molar-refractivity contribution >= 4 is 11.9 Å². The Morgan fingerprint density at radius 1 is 1.35 bits per heavy atom. The fraction of sp³-hybridized carbons (Fsp3) is 0.333. The molecule has 17 heavy (non-hydrogen) atoms. The molecule has 0 fully saturated rings. The summed E-state index contributed by atoms with van der Waals surface area (Å²) in [6, 6.07) is 7.29. The normalized spacial score (nSPS) is 11.6. The van der Waals surface area contributed by atoms with E-state index in [0.29, 0.717) is 5.75 Å². The first-order valence-electron chi connectivity index (χ1n) is 5.18. The van der Waals surface area contributed by atoms with E-state index >= 15 is 0 Å². The van der Waals surface area contributed by atoms with Crippen LogP contribution in [0.2, 0.25) is 0 Å². The van der Waals surface area contributed by atoms with Gasteiger partial charge in [-0.15, -0.1) is 0 Å². The second-order valence-corrected chi connectivity index (χ2v) is 3.59. The van der Waals surface area contributed by atoms with Crippen molar-refractivity contribution in [3.05, 3.63) is 29.8 Å². The van der Waals surface area contributed by atoms with Gasteiger partial charge in [0.15, 0.2) is 12.7 Å². The van der Waals surface area contributed by atoms with Crippen LogP contribution in [0.1, 0.15) is 12.5 Å². The van der Waals surface area contributed by atoms with Crippen molar-refractivity contribution in [1.29, 1.82) is 0 Å². The Balaban J connectivity index is 2.44. The van der Waals surface area contributed by atoms with E-state index in [-0.39, 0.29) is 6.61 Å². The second-order valence-electron chi connectivity index (χ2n) is 3.59. The lowest BCUT2D eigenvalue weighted by Gasteiger charge is -2.11. The maximum atomic E-state index is 11.3. The van der Waals surface area contributed by atoms with Crippen LogP contribution in [0.4, 0.5) is 0 Å². The van der Waals surface area contributed by atoms with Crippen LogP contribution in [0.5, 0.6) is 5.75 Å². The van der Waals surface area contributed by atoms with Crippen LogP contribution < -0.4 is 10.5 Å². The molecule has 0 spiro atoms. The third-order valence-electron chi connectivity index (χ3n) is 2.15. The molecule has 0 bridgehead atoms. The lowest BCUT2D eigenvalue weighted by atomic mass is 10.2. The summed E-state index contributed by atoms with van der Waals surface area (Å²) in [5.41, 5.74) is 5.88. The fourth-order valence-electron chi connectivity index (χ4n) is 1.14. The van der Waals surface area contributed by atoms with E-state index in [0.717, 1.165) is 5.56 Å². The lowest BCUT2D eigenvalue weighted by molar-refractivity contribution is -0.155. The Labute approximate surface area is 99.5 Å². The molecule has 0 radical (unpaired) electrons. The van der Waals surface area contributed by atoms with Gasteiger partial charge in [-0.3, -0.25) is 4.79 Å². The monoisotopic (exact) mass is 237 g/mol. The van der Waals surface area contributed by atoms with Gasteiger partial charge in [0, 0.05) is 0 Å². The third kappa shape index (κ3) is 4.14. The zero-order valence-electron chi connectivity index (χ0n) is 9.80. The maximum absolute atomic E-state index is 11.3. The number of esters is 1. The number of benzene rings is 1. The Hall–Kier alpha value is -2.04. The van der Waals surface area contributed by atoms with Gasteiger partial charge >= 0.3 is 5.97 Å². The van der Waals surface area contributed by atoms with Gasteiger partial charge in [0.2, 0.25) is 0 Å². The van der Waals surface area contributed by atoms with Gasteiger partial charge in [-0.2, -0.15) is 0 Å². The van der Waals surface area contributed by atoms with E-state index in [1.807, 2.05) is 19.1 Å². The predicted octanol–water partition coefficient (Wildman–Crippen LogP) is 0.791. The molecule has 1 atom stereocenters. The van der Waals surface area contributed by atoms with Crippen molar-refractivity contribution in [2.45, 2.75) is 20.0 Å². The molecule has 0 aliphatic carbocycles. The SMILES string of the molecule is Cc1ccccc1OCC(=O)O[C@H](C)C(N)=O. The minimum Gasteiger partial charge on any atom is -0.482 e. The summed E-state index contributed by atoms with van der Waals surface area (Å²) < 4.78 is 9.99. The molecule has 1 aromatic carbocycles. The number of primary amides is 1. The standard InChI is InChI=1S/C12H15NO4/c1-8-5-3-4-6-10(8)16-7-11(14)17-9(2)12(13)15/h3-6,9H,7H2,1-2H3,(H2,13,15)/t9-/m1/s1. The molecule has 0 aliphatic rings. The first kappa shape index (κ1) is 13.0. The molecular formula is C12H15NO4. The van der Waals surface area contributed by atoms with E-state index in [1.54, 1.807) is 12.1 Å². The number of nitrogens with two attached hydrogens (primary N) is 1. The zero-order valence-corrected chi connectivity index (χ0v) is 9.80. The van der Waals surface area contributed by atoms with Crippen LogP contribution in [0.25, 0.3) is 0 Å². The molecule has 0 saturated heterocycles. The van der Waals surface area contributed by atoms with Gasteiger partial charge in [0.25, 0.3) is 5.91 Å². The summed E-state index contributed by atoms with van der Waals surface area (Å²) in [5, 5.41) is 0. The fourth-order valence-corrected chi connectivity index (χ4v) is 1.14. The van der Waals surface area contributed by atoms with Crippen molar-refractivity contribution in [2.24, 2.45) is 5.73 Å². The number of carbonyl (C=O) groups excluding carboxylic acids is 2. The number of para-hydroxylation sites is 1. The number of rotatable bonds is 5. The van der Waals surface area contributed by atoms with Crippen LogP contribution in [0.3, 0.4) is 0 Å². The minimum absolute atomic E-state index is 0.248. The highest BCUT2D eigenvalue weighted by atomic mass is 16.6. The largest absolute Gasteiger partial charge is 0.482 e. The summed E-state index contributed by atoms with van der Waals surface area (Å²) in [6.07, 6.45) is -0.942. The van der Waals surface area contributed by atoms with Gasteiger partial charge in [0.05, 0.1) is 0 Å². The molecule has 0 aromatic heterocycles. The highest BCUT2D eigenvalue weighted by Gasteiger charge is 2.14. The highest BCUT2D eigenvalue weighted by Crippen LogP contribution is 2.15. The van der Waals surface area contributed by atoms with Gasteiger partial charge in [0.1, 0.15) is 5.75 Å². The lowest BCUT2D eigenvalue weighted by Crippen LogP contribution is -2.32. The number of carbonyl (C=O) groups is 2. The number of hydrogen-bond acceptors (Lipinski definition) is 4. The first-order chi connectivity index (χ1) is 8.00. The summed E-state index contributed by atoms with van der Waals surface area (Å²) in [7, 11) is 0. The molecule has 1 amide bonds. The molecular weight excluding hydrogens is 222 g/mol. The van der Waals surface area contributed by atoms with E-state index in [9.17, 15) is 9.59 Å². The Morgan fingerprint density at radius 2 is 2.00 bits per heavy atom. The van der Waals surface area contributed by atoms with Gasteiger partial charge in [-0.05, 0) is 25.5 Å². The molecule has 0 unspecified atom stereocenters. The van der Waals surface area contributed by atoms with Crippen LogP contribution in [0, 0.1) is 6.92 Å². The number of amides is 1. The Morgan fingerprint density at radius 3 is 2.59 bits per heavy atom. The van der Waals surface area contributed by atoms with Crippen molar-refractivity contribution in [1.82, 2.24) is 0 Å². The van der Waals surface area contributed by atoms with Crippen molar-refractivity contribution in [3.63, 3.8) is 0 Å². The molecule has 5 nitrogen and oxygen atoms in total. The van der Waals surface area contributed by atoms with Crippen LogP contribution in [-0.4, -0.2) is 24.6 Å². The molecule has 0 aliphatic heterocycles. The first-order valence-corrected chi connectivity index (χ1v) is 5.18. The van der Waals surface area contributed by atoms with Crippen LogP contribution in [-0.2, 0) is 14.3 Å². The molecule has 2 N–H and O–H groups in total. The Kier molecular flexibility index (Phi) is 4.51. The summed E-state index contributed by atoms with van der Waals surface area (Å²) in [5.74, 6) is -0.704. The van der Waals surface area contributed by atoms with Crippen LogP contribution in [0.15, 0.2) is 24.3 Å². The Bertz CT molecular complexity index is 417. The predicted molar refractivity (Wildman–Crippen MR) is 61.4 cm³/mol. The molecule has 0 heterocycles. The topological polar surface area (TPSA) is 78.6 Å². The molecule has 1 aromatic rings. The summed E-state index contributed by atoms with van der Waals surface area (Å²) in [4.78, 5) is 22.0. The number of aryl methyl sites for hydroxylation is 1. The summed E-state index contributed by atoms with van der Waals surface area (Å²) in [6.45, 7) is 3.03. The van der Waals surface area contributed by atoms with E-state index < -0.39 is 18.0 Å². The highest BCUT2D eigenvalue weighted by molar-refractivity contribution is 5.82. The van der Waals surface area contributed by atoms with Crippen molar-refractivity contribution in [3.8, 4) is 5.75 Å². The maximum Gasteiger partial charge on any atom is 0.344 e. The van der Waals surface area contributed by atoms with Crippen LogP contribution >= 0.6 is 0 Å². The molecule has 0 saturated carbocycles. The molecule has 5 heteroatoms. The zero-order chi connectivity index (χ0) is 12.8. The average Bonchev–Trinajstić information content (AvgIpc) is 2.27. The van der Waals surface area contributed by atoms with Crippen molar-refractivity contribution < 1.29 is 19.1 Å². The number of hydrogen-bond donors (Lipinski definition) is 1. The number of ether oxygens (including phenoxy) is 2. The van der Waals surface area contributed by atoms with Gasteiger partial charge in [-0.25, -0.2) is 4.79 Å². The summed E-state index contributed by atoms with van der Waals surface area (Å²) >= 11 is 0. The van der Waals surface area contributed by atoms with E-state index in [4.69, 9.17) is 15.2 Å². The quantitative estimate of drug-likeness (QED) is 0.768. The molecule has 1 rings (SSSR count). The third-order valence-corrected chi connectivity index (χ3v) is 2.15. The second kappa shape index (κ2) is 5.89. The smallest absolute Gasteiger partial charge is 0.344 e. The average molecular weight is 237 g/mol. The van der Waals surface area contributed by atoms with Gasteiger partial charge < -0.3 is 15.2 Å². The van der Waals surface area contributed by atoms with Gasteiger partial charge in [-0.1, -0.05) is 18.2 Å². The van der Waals surface area contributed by atoms with E-state index in [2.05, 4.69) is 0 Å². The molecule has 92 valence electrons. The van der Waals surface area contributed by atoms with Crippen molar-refractivity contribution in [2.75, 3.05) is 6.61 Å². The minimum atomic E-state index is -0.942. The van der Waals surface area contributed by atoms with E-state index in [1.165, 1.54) is 6.92 Å².